The van der Waals surface area contributed by atoms with E-state index in [1.54, 1.807) is 12.1 Å². The van der Waals surface area contributed by atoms with Gasteiger partial charge in [0.25, 0.3) is 0 Å². The van der Waals surface area contributed by atoms with Gasteiger partial charge in [-0.15, -0.1) is 11.8 Å². The Morgan fingerprint density at radius 1 is 1.28 bits per heavy atom. The molecule has 0 saturated heterocycles. The van der Waals surface area contributed by atoms with Gasteiger partial charge in [0.2, 0.25) is 5.91 Å². The number of rotatable bonds is 6. The first-order chi connectivity index (χ1) is 8.49. The van der Waals surface area contributed by atoms with Gasteiger partial charge in [-0.1, -0.05) is 26.0 Å². The molecule has 0 spiro atoms. The molecule has 0 radical (unpaired) electrons. The molecule has 0 fully saturated rings. The zero-order valence-electron chi connectivity index (χ0n) is 11.1. The van der Waals surface area contributed by atoms with Crippen LogP contribution in [0.5, 0.6) is 0 Å². The summed E-state index contributed by atoms with van der Waals surface area (Å²) < 4.78 is 12.7. The summed E-state index contributed by atoms with van der Waals surface area (Å²) in [6.45, 7) is 6.17. The molecule has 0 unspecified atom stereocenters. The number of carbonyl (C=O) groups is 1. The second-order valence-corrected chi connectivity index (χ2v) is 5.71. The molecule has 0 heterocycles. The lowest BCUT2D eigenvalue weighted by Gasteiger charge is -2.17. The molecule has 1 atom stereocenters. The van der Waals surface area contributed by atoms with Gasteiger partial charge < -0.3 is 5.32 Å². The molecular weight excluding hydrogens is 249 g/mol. The molecule has 0 aliphatic heterocycles. The van der Waals surface area contributed by atoms with Gasteiger partial charge in [0.1, 0.15) is 5.82 Å². The Bertz CT molecular complexity index is 378. The summed E-state index contributed by atoms with van der Waals surface area (Å²) in [7, 11) is 0. The largest absolute Gasteiger partial charge is 0.353 e. The van der Waals surface area contributed by atoms with Gasteiger partial charge in [-0.25, -0.2) is 4.39 Å². The fourth-order valence-corrected chi connectivity index (χ4v) is 2.10. The minimum Gasteiger partial charge on any atom is -0.353 e. The van der Waals surface area contributed by atoms with Crippen LogP contribution in [-0.2, 0) is 10.5 Å². The average Bonchev–Trinajstić information content (AvgIpc) is 2.31. The van der Waals surface area contributed by atoms with Crippen LogP contribution in [0.1, 0.15) is 26.3 Å². The van der Waals surface area contributed by atoms with Crippen molar-refractivity contribution < 1.29 is 9.18 Å². The number of nitrogens with one attached hydrogen (secondary N) is 1. The molecule has 0 aliphatic carbocycles. The molecular formula is C14H20FNOS. The Hall–Kier alpha value is -1.03. The number of halogens is 1. The molecule has 1 aromatic rings. The van der Waals surface area contributed by atoms with Gasteiger partial charge in [-0.05, 0) is 30.5 Å². The molecule has 18 heavy (non-hydrogen) atoms. The van der Waals surface area contributed by atoms with E-state index >= 15 is 0 Å². The fourth-order valence-electron chi connectivity index (χ4n) is 1.30. The van der Waals surface area contributed by atoms with Gasteiger partial charge in [0.05, 0.1) is 5.75 Å². The van der Waals surface area contributed by atoms with E-state index in [1.807, 2.05) is 6.92 Å². The lowest BCUT2D eigenvalue weighted by molar-refractivity contribution is -0.119. The maximum Gasteiger partial charge on any atom is 0.230 e. The summed E-state index contributed by atoms with van der Waals surface area (Å²) >= 11 is 1.54. The first-order valence-electron chi connectivity index (χ1n) is 6.10. The van der Waals surface area contributed by atoms with Gasteiger partial charge in [0.15, 0.2) is 0 Å². The summed E-state index contributed by atoms with van der Waals surface area (Å²) in [6, 6.07) is 6.57. The monoisotopic (exact) mass is 269 g/mol. The molecule has 100 valence electrons. The Morgan fingerprint density at radius 3 is 2.44 bits per heavy atom. The Balaban J connectivity index is 2.25. The van der Waals surface area contributed by atoms with Gasteiger partial charge in [-0.3, -0.25) is 4.79 Å². The van der Waals surface area contributed by atoms with Gasteiger partial charge in [-0.2, -0.15) is 0 Å². The van der Waals surface area contributed by atoms with Crippen LogP contribution in [0.2, 0.25) is 0 Å². The second kappa shape index (κ2) is 7.41. The number of amides is 1. The van der Waals surface area contributed by atoms with E-state index in [9.17, 15) is 9.18 Å². The molecule has 0 bridgehead atoms. The summed E-state index contributed by atoms with van der Waals surface area (Å²) in [5.74, 6) is 1.43. The number of hydrogen-bond donors (Lipinski definition) is 1. The zero-order valence-corrected chi connectivity index (χ0v) is 11.9. The van der Waals surface area contributed by atoms with Crippen LogP contribution < -0.4 is 5.32 Å². The standard InChI is InChI=1S/C14H20FNOS/c1-10(2)11(3)16-14(17)9-18-8-12-4-6-13(15)7-5-12/h4-7,10-11H,8-9H2,1-3H3,(H,16,17)/t11-/m0/s1. The first kappa shape index (κ1) is 15.0. The highest BCUT2D eigenvalue weighted by molar-refractivity contribution is 7.99. The van der Waals surface area contributed by atoms with E-state index in [0.29, 0.717) is 11.7 Å². The third-order valence-corrected chi connectivity index (χ3v) is 3.81. The molecule has 0 aliphatic rings. The van der Waals surface area contributed by atoms with E-state index in [0.717, 1.165) is 11.3 Å². The third-order valence-electron chi connectivity index (χ3n) is 2.80. The van der Waals surface area contributed by atoms with Crippen molar-refractivity contribution in [1.82, 2.24) is 5.32 Å². The maximum absolute atomic E-state index is 12.7. The van der Waals surface area contributed by atoms with Gasteiger partial charge in [0, 0.05) is 11.8 Å². The van der Waals surface area contributed by atoms with Crippen LogP contribution in [0, 0.1) is 11.7 Å². The molecule has 1 aromatic carbocycles. The SMILES string of the molecule is CC(C)[C@H](C)NC(=O)CSCc1ccc(F)cc1. The van der Waals surface area contributed by atoms with Crippen molar-refractivity contribution in [2.45, 2.75) is 32.6 Å². The highest BCUT2D eigenvalue weighted by Gasteiger charge is 2.10. The van der Waals surface area contributed by atoms with E-state index in [1.165, 1.54) is 23.9 Å². The lowest BCUT2D eigenvalue weighted by atomic mass is 10.1. The summed E-state index contributed by atoms with van der Waals surface area (Å²) in [5, 5.41) is 2.95. The topological polar surface area (TPSA) is 29.1 Å². The molecule has 0 aromatic heterocycles. The quantitative estimate of drug-likeness (QED) is 0.859. The summed E-state index contributed by atoms with van der Waals surface area (Å²) in [5.41, 5.74) is 1.03. The van der Waals surface area contributed by atoms with E-state index in [2.05, 4.69) is 19.2 Å². The van der Waals surface area contributed by atoms with Gasteiger partial charge >= 0.3 is 0 Å². The smallest absolute Gasteiger partial charge is 0.230 e. The predicted molar refractivity (Wildman–Crippen MR) is 75.0 cm³/mol. The normalized spacial score (nSPS) is 12.5. The molecule has 1 amide bonds. The molecule has 1 rings (SSSR count). The van der Waals surface area contributed by atoms with Crippen LogP contribution >= 0.6 is 11.8 Å². The summed E-state index contributed by atoms with van der Waals surface area (Å²) in [4.78, 5) is 11.6. The highest BCUT2D eigenvalue weighted by atomic mass is 32.2. The van der Waals surface area contributed by atoms with Crippen molar-refractivity contribution in [2.75, 3.05) is 5.75 Å². The summed E-state index contributed by atoms with van der Waals surface area (Å²) in [6.07, 6.45) is 0. The highest BCUT2D eigenvalue weighted by Crippen LogP contribution is 2.12. The molecule has 0 saturated carbocycles. The maximum atomic E-state index is 12.7. The minimum atomic E-state index is -0.229. The van der Waals surface area contributed by atoms with Crippen LogP contribution in [0.15, 0.2) is 24.3 Å². The minimum absolute atomic E-state index is 0.0586. The van der Waals surface area contributed by atoms with Crippen LogP contribution in [0.3, 0.4) is 0 Å². The Kier molecular flexibility index (Phi) is 6.19. The first-order valence-corrected chi connectivity index (χ1v) is 7.26. The van der Waals surface area contributed by atoms with Crippen LogP contribution in [0.4, 0.5) is 4.39 Å². The van der Waals surface area contributed by atoms with E-state index in [4.69, 9.17) is 0 Å². The van der Waals surface area contributed by atoms with Crippen molar-refractivity contribution >= 4 is 17.7 Å². The van der Waals surface area contributed by atoms with Crippen molar-refractivity contribution in [2.24, 2.45) is 5.92 Å². The van der Waals surface area contributed by atoms with Crippen molar-refractivity contribution in [3.8, 4) is 0 Å². The number of carbonyl (C=O) groups excluding carboxylic acids is 1. The van der Waals surface area contributed by atoms with Crippen molar-refractivity contribution in [1.29, 1.82) is 0 Å². The lowest BCUT2D eigenvalue weighted by Crippen LogP contribution is -2.37. The Labute approximate surface area is 112 Å². The van der Waals surface area contributed by atoms with Crippen LogP contribution in [-0.4, -0.2) is 17.7 Å². The van der Waals surface area contributed by atoms with E-state index in [-0.39, 0.29) is 17.8 Å². The molecule has 2 nitrogen and oxygen atoms in total. The second-order valence-electron chi connectivity index (χ2n) is 4.72. The van der Waals surface area contributed by atoms with Crippen LogP contribution in [0.25, 0.3) is 0 Å². The predicted octanol–water partition coefficient (Wildman–Crippen LogP) is 3.22. The average molecular weight is 269 g/mol. The molecule has 1 N–H and O–H groups in total. The number of hydrogen-bond acceptors (Lipinski definition) is 2. The number of benzene rings is 1. The van der Waals surface area contributed by atoms with Crippen molar-refractivity contribution in [3.63, 3.8) is 0 Å². The van der Waals surface area contributed by atoms with Crippen molar-refractivity contribution in [3.05, 3.63) is 35.6 Å². The zero-order chi connectivity index (χ0) is 13.5. The van der Waals surface area contributed by atoms with E-state index < -0.39 is 0 Å². The third kappa shape index (κ3) is 5.54. The Morgan fingerprint density at radius 2 is 1.89 bits per heavy atom. The fraction of sp³-hybridized carbons (Fsp3) is 0.500. The number of thioether (sulfide) groups is 1. The molecule has 4 heteroatoms.